The number of ether oxygens (including phenoxy) is 1. The highest BCUT2D eigenvalue weighted by Crippen LogP contribution is 2.81. The Morgan fingerprint density at radius 3 is 1.77 bits per heavy atom. The van der Waals surface area contributed by atoms with Gasteiger partial charge in [0.15, 0.2) is 5.78 Å². The second kappa shape index (κ2) is 10.9. The number of benzene rings is 1. The van der Waals surface area contributed by atoms with Crippen molar-refractivity contribution in [2.75, 3.05) is 33.5 Å². The molecule has 1 atom stereocenters. The molecule has 1 heterocycles. The van der Waals surface area contributed by atoms with Crippen molar-refractivity contribution in [3.63, 3.8) is 0 Å². The van der Waals surface area contributed by atoms with Gasteiger partial charge in [0, 0.05) is 12.0 Å². The number of carbonyl (C=O) groups excluding carboxylic acids is 1. The van der Waals surface area contributed by atoms with E-state index in [0.29, 0.717) is 11.3 Å². The Hall–Kier alpha value is -1.41. The van der Waals surface area contributed by atoms with E-state index in [4.69, 9.17) is 22.8 Å². The highest BCUT2D eigenvalue weighted by atomic mass is 31.2. The van der Waals surface area contributed by atoms with Crippen molar-refractivity contribution < 1.29 is 36.8 Å². The fraction of sp³-hybridized carbons (Fsp3) is 0.632. The maximum absolute atomic E-state index is 13.9. The Bertz CT molecular complexity index is 824. The van der Waals surface area contributed by atoms with Gasteiger partial charge in [-0.2, -0.15) is 10.2 Å². The van der Waals surface area contributed by atoms with Crippen molar-refractivity contribution in [2.24, 2.45) is 10.2 Å². The molecule has 174 valence electrons. The molecule has 12 heteroatoms. The van der Waals surface area contributed by atoms with Gasteiger partial charge in [-0.15, -0.1) is 0 Å². The van der Waals surface area contributed by atoms with Crippen LogP contribution in [-0.2, 0) is 27.2 Å². The van der Waals surface area contributed by atoms with Crippen LogP contribution in [0.1, 0.15) is 44.5 Å². The number of nitrogens with zero attached hydrogens (tertiary/aromatic N) is 2. The SMILES string of the molecule is CCOP(=O)(OCC)C1(P(=O)(OCC)OCC)CC(C(=O)c2ccc(OC)cc2)N=N1. The predicted octanol–water partition coefficient (Wildman–Crippen LogP) is 5.29. The zero-order valence-electron chi connectivity index (χ0n) is 18.5. The quantitative estimate of drug-likeness (QED) is 0.278. The summed E-state index contributed by atoms with van der Waals surface area (Å²) >= 11 is 0. The highest BCUT2D eigenvalue weighted by Gasteiger charge is 2.69. The minimum absolute atomic E-state index is 0.00386. The second-order valence-corrected chi connectivity index (χ2v) is 11.3. The van der Waals surface area contributed by atoms with Crippen LogP contribution < -0.4 is 4.74 Å². The summed E-state index contributed by atoms with van der Waals surface area (Å²) in [5.41, 5.74) is 0.353. The van der Waals surface area contributed by atoms with E-state index in [2.05, 4.69) is 10.2 Å². The summed E-state index contributed by atoms with van der Waals surface area (Å²) in [4.78, 5) is 13.1. The largest absolute Gasteiger partial charge is 0.497 e. The molecule has 0 spiro atoms. The number of azo groups is 1. The predicted molar refractivity (Wildman–Crippen MR) is 115 cm³/mol. The zero-order chi connectivity index (χ0) is 23.1. The molecule has 0 aromatic heterocycles. The van der Waals surface area contributed by atoms with Gasteiger partial charge in [0.25, 0.3) is 5.02 Å². The third kappa shape index (κ3) is 5.00. The molecule has 0 saturated heterocycles. The first-order chi connectivity index (χ1) is 14.8. The maximum atomic E-state index is 13.9. The Labute approximate surface area is 182 Å². The summed E-state index contributed by atoms with van der Waals surface area (Å²) in [7, 11) is -6.89. The van der Waals surface area contributed by atoms with E-state index in [1.165, 1.54) is 7.11 Å². The number of hydrogen-bond donors (Lipinski definition) is 0. The molecule has 1 aromatic rings. The first-order valence-electron chi connectivity index (χ1n) is 10.1. The Kier molecular flexibility index (Phi) is 9.13. The van der Waals surface area contributed by atoms with Gasteiger partial charge in [-0.05, 0) is 52.0 Å². The van der Waals surface area contributed by atoms with Crippen LogP contribution in [0.15, 0.2) is 34.5 Å². The number of methoxy groups -OCH3 is 1. The van der Waals surface area contributed by atoms with Gasteiger partial charge in [0.05, 0.1) is 33.5 Å². The van der Waals surface area contributed by atoms with Crippen LogP contribution in [-0.4, -0.2) is 50.4 Å². The number of rotatable bonds is 13. The van der Waals surface area contributed by atoms with Crippen LogP contribution in [0, 0.1) is 0 Å². The van der Waals surface area contributed by atoms with Crippen LogP contribution in [0.4, 0.5) is 0 Å². The van der Waals surface area contributed by atoms with Crippen LogP contribution >= 0.6 is 15.2 Å². The first-order valence-corrected chi connectivity index (χ1v) is 13.2. The Morgan fingerprint density at radius 1 is 0.935 bits per heavy atom. The maximum Gasteiger partial charge on any atom is 0.372 e. The van der Waals surface area contributed by atoms with E-state index in [-0.39, 0.29) is 38.6 Å². The average molecular weight is 476 g/mol. The molecule has 1 unspecified atom stereocenters. The minimum atomic E-state index is -4.21. The molecule has 2 rings (SSSR count). The van der Waals surface area contributed by atoms with Gasteiger partial charge in [0.1, 0.15) is 11.8 Å². The van der Waals surface area contributed by atoms with E-state index < -0.39 is 26.3 Å². The lowest BCUT2D eigenvalue weighted by Crippen LogP contribution is -2.33. The molecule has 1 aliphatic rings. The lowest BCUT2D eigenvalue weighted by molar-refractivity contribution is 0.0960. The van der Waals surface area contributed by atoms with Crippen LogP contribution in [0.2, 0.25) is 0 Å². The molecular weight excluding hydrogens is 446 g/mol. The smallest absolute Gasteiger partial charge is 0.372 e. The van der Waals surface area contributed by atoms with E-state index in [1.807, 2.05) is 0 Å². The molecule has 0 bridgehead atoms. The first kappa shape index (κ1) is 25.8. The van der Waals surface area contributed by atoms with Crippen LogP contribution in [0.5, 0.6) is 5.75 Å². The van der Waals surface area contributed by atoms with Crippen LogP contribution in [0.3, 0.4) is 0 Å². The monoisotopic (exact) mass is 476 g/mol. The highest BCUT2D eigenvalue weighted by molar-refractivity contribution is 7.74. The fourth-order valence-corrected chi connectivity index (χ4v) is 8.59. The van der Waals surface area contributed by atoms with E-state index in [9.17, 15) is 13.9 Å². The lowest BCUT2D eigenvalue weighted by Gasteiger charge is -2.36. The molecular formula is C19H30N2O8P2. The summed E-state index contributed by atoms with van der Waals surface area (Å²) in [5.74, 6) is 0.209. The molecule has 0 saturated carbocycles. The van der Waals surface area contributed by atoms with Gasteiger partial charge >= 0.3 is 15.2 Å². The van der Waals surface area contributed by atoms with Gasteiger partial charge in [-0.3, -0.25) is 13.9 Å². The van der Waals surface area contributed by atoms with Crippen molar-refractivity contribution in [3.8, 4) is 5.75 Å². The number of Topliss-reactive ketones (excluding diaryl/α,β-unsaturated/α-hetero) is 1. The normalized spacial score (nSPS) is 18.3. The standard InChI is InChI=1S/C19H30N2O8P2/c1-6-26-30(23,27-7-2)19(31(24,28-8-3)29-9-4)14-17(20-21-19)18(22)15-10-12-16(25-5)13-11-15/h10-13,17H,6-9,14H2,1-5H3. The van der Waals surface area contributed by atoms with Gasteiger partial charge < -0.3 is 22.8 Å². The Morgan fingerprint density at radius 2 is 1.39 bits per heavy atom. The van der Waals surface area contributed by atoms with Crippen LogP contribution in [0.25, 0.3) is 0 Å². The van der Waals surface area contributed by atoms with Gasteiger partial charge in [0.2, 0.25) is 0 Å². The molecule has 0 amide bonds. The third-order valence-electron chi connectivity index (χ3n) is 4.58. The molecule has 1 aliphatic heterocycles. The zero-order valence-corrected chi connectivity index (χ0v) is 20.3. The summed E-state index contributed by atoms with van der Waals surface area (Å²) < 4.78 is 54.8. The topological polar surface area (TPSA) is 122 Å². The van der Waals surface area contributed by atoms with E-state index >= 15 is 0 Å². The number of ketones is 1. The fourth-order valence-electron chi connectivity index (χ4n) is 3.25. The van der Waals surface area contributed by atoms with E-state index in [1.54, 1.807) is 52.0 Å². The lowest BCUT2D eigenvalue weighted by atomic mass is 10.0. The van der Waals surface area contributed by atoms with Crippen molar-refractivity contribution in [3.05, 3.63) is 29.8 Å². The van der Waals surface area contributed by atoms with Crippen molar-refractivity contribution >= 4 is 21.0 Å². The molecule has 0 aliphatic carbocycles. The van der Waals surface area contributed by atoms with E-state index in [0.717, 1.165) is 0 Å². The molecule has 1 aromatic carbocycles. The summed E-state index contributed by atoms with van der Waals surface area (Å²) in [6.45, 7) is 6.51. The van der Waals surface area contributed by atoms with Crippen molar-refractivity contribution in [1.82, 2.24) is 0 Å². The average Bonchev–Trinajstić information content (AvgIpc) is 3.22. The molecule has 0 fully saturated rings. The molecule has 31 heavy (non-hydrogen) atoms. The number of hydrogen-bond acceptors (Lipinski definition) is 10. The second-order valence-electron chi connectivity index (χ2n) is 6.47. The third-order valence-corrected chi connectivity index (χ3v) is 10.7. The van der Waals surface area contributed by atoms with Crippen molar-refractivity contribution in [2.45, 2.75) is 45.2 Å². The molecule has 10 nitrogen and oxygen atoms in total. The Balaban J connectivity index is 2.52. The number of carbonyl (C=O) groups is 1. The summed E-state index contributed by atoms with van der Waals surface area (Å²) in [6.07, 6.45) is -0.299. The summed E-state index contributed by atoms with van der Waals surface area (Å²) in [5, 5.41) is 6.07. The van der Waals surface area contributed by atoms with Crippen molar-refractivity contribution in [1.29, 1.82) is 0 Å². The summed E-state index contributed by atoms with van der Waals surface area (Å²) in [6, 6.07) is 5.40. The minimum Gasteiger partial charge on any atom is -0.497 e. The molecule has 0 radical (unpaired) electrons. The van der Waals surface area contributed by atoms with Gasteiger partial charge in [-0.1, -0.05) is 0 Å². The van der Waals surface area contributed by atoms with Gasteiger partial charge in [-0.25, -0.2) is 0 Å². The molecule has 0 N–H and O–H groups in total.